The second-order valence-corrected chi connectivity index (χ2v) is 6.34. The molecule has 19 heavy (non-hydrogen) atoms. The molecule has 1 aromatic carbocycles. The van der Waals surface area contributed by atoms with Crippen molar-refractivity contribution in [2.45, 2.75) is 19.9 Å². The quantitative estimate of drug-likeness (QED) is 0.824. The van der Waals surface area contributed by atoms with E-state index >= 15 is 0 Å². The van der Waals surface area contributed by atoms with Crippen LogP contribution in [0.2, 0.25) is 0 Å². The highest BCUT2D eigenvalue weighted by atomic mass is 32.2. The van der Waals surface area contributed by atoms with Crippen LogP contribution in [-0.4, -0.2) is 27.7 Å². The van der Waals surface area contributed by atoms with Crippen molar-refractivity contribution in [3.05, 3.63) is 41.6 Å². The van der Waals surface area contributed by atoms with Crippen LogP contribution in [0.4, 0.5) is 0 Å². The first-order chi connectivity index (χ1) is 9.15. The molecule has 1 heterocycles. The van der Waals surface area contributed by atoms with Gasteiger partial charge < -0.3 is 5.32 Å². The van der Waals surface area contributed by atoms with Gasteiger partial charge in [-0.15, -0.1) is 0 Å². The summed E-state index contributed by atoms with van der Waals surface area (Å²) in [7, 11) is -0.683. The number of fused-ring (bicyclic) bond motifs is 1. The maximum absolute atomic E-state index is 10.9. The Morgan fingerprint density at radius 1 is 1.26 bits per heavy atom. The fourth-order valence-electron chi connectivity index (χ4n) is 2.02. The van der Waals surface area contributed by atoms with Crippen LogP contribution in [0.5, 0.6) is 0 Å². The summed E-state index contributed by atoms with van der Waals surface area (Å²) < 4.78 is 10.9. The fourth-order valence-corrected chi connectivity index (χ4v) is 2.57. The van der Waals surface area contributed by atoms with Gasteiger partial charge in [-0.3, -0.25) is 9.19 Å². The number of nitrogens with one attached hydrogen (secondary N) is 1. The zero-order valence-electron chi connectivity index (χ0n) is 11.5. The van der Waals surface area contributed by atoms with Crippen LogP contribution >= 0.6 is 0 Å². The maximum atomic E-state index is 10.9. The van der Waals surface area contributed by atoms with Crippen LogP contribution in [0.15, 0.2) is 30.3 Å². The number of hydrogen-bond donors (Lipinski definition) is 1. The van der Waals surface area contributed by atoms with Crippen LogP contribution in [-0.2, 0) is 17.3 Å². The topological polar surface area (TPSA) is 42.0 Å². The Bertz CT molecular complexity index is 583. The lowest BCUT2D eigenvalue weighted by Gasteiger charge is -2.06. The summed E-state index contributed by atoms with van der Waals surface area (Å²) in [4.78, 5) is 4.49. The highest BCUT2D eigenvalue weighted by Gasteiger charge is 1.98. The number of benzene rings is 1. The van der Waals surface area contributed by atoms with Crippen LogP contribution in [0.3, 0.4) is 0 Å². The first-order valence-corrected chi connectivity index (χ1v) is 8.25. The Kier molecular flexibility index (Phi) is 5.05. The van der Waals surface area contributed by atoms with Crippen molar-refractivity contribution in [3.8, 4) is 0 Å². The molecule has 0 radical (unpaired) electrons. The molecule has 0 aliphatic carbocycles. The molecule has 1 unspecified atom stereocenters. The average molecular weight is 276 g/mol. The molecule has 0 saturated carbocycles. The lowest BCUT2D eigenvalue weighted by Crippen LogP contribution is -2.16. The molecule has 1 aromatic heterocycles. The van der Waals surface area contributed by atoms with Gasteiger partial charge in [0.2, 0.25) is 0 Å². The van der Waals surface area contributed by atoms with Gasteiger partial charge in [-0.05, 0) is 43.7 Å². The predicted octanol–water partition coefficient (Wildman–Crippen LogP) is 2.40. The number of aryl methyl sites for hydroxylation is 1. The van der Waals surface area contributed by atoms with Crippen molar-refractivity contribution in [1.82, 2.24) is 10.3 Å². The Labute approximate surface area is 116 Å². The monoisotopic (exact) mass is 276 g/mol. The number of hydrogen-bond acceptors (Lipinski definition) is 3. The van der Waals surface area contributed by atoms with Gasteiger partial charge in [0.25, 0.3) is 0 Å². The number of rotatable bonds is 6. The lowest BCUT2D eigenvalue weighted by atomic mass is 10.1. The molecule has 1 N–H and O–H groups in total. The van der Waals surface area contributed by atoms with Crippen molar-refractivity contribution < 1.29 is 4.21 Å². The molecule has 102 valence electrons. The van der Waals surface area contributed by atoms with Crippen molar-refractivity contribution in [3.63, 3.8) is 0 Å². The lowest BCUT2D eigenvalue weighted by molar-refractivity contribution is 0.662. The summed E-state index contributed by atoms with van der Waals surface area (Å²) in [5, 5.41) is 4.56. The van der Waals surface area contributed by atoms with Crippen LogP contribution in [0.1, 0.15) is 17.7 Å². The van der Waals surface area contributed by atoms with Crippen molar-refractivity contribution >= 4 is 21.7 Å². The van der Waals surface area contributed by atoms with Crippen LogP contribution < -0.4 is 5.32 Å². The second-order valence-electron chi connectivity index (χ2n) is 4.79. The standard InChI is InChI=1S/C15H20N2OS/c1-12-4-6-14-10-13(5-7-15(14)17-12)11-16-8-3-9-19(2)18/h4-7,10,16H,3,8-9,11H2,1-2H3. The SMILES string of the molecule is Cc1ccc2cc(CNCCCS(C)=O)ccc2n1. The zero-order chi connectivity index (χ0) is 13.7. The van der Waals surface area contributed by atoms with E-state index in [9.17, 15) is 4.21 Å². The average Bonchev–Trinajstić information content (AvgIpc) is 2.38. The Morgan fingerprint density at radius 3 is 2.89 bits per heavy atom. The largest absolute Gasteiger partial charge is 0.313 e. The van der Waals surface area contributed by atoms with E-state index < -0.39 is 10.8 Å². The molecule has 0 aliphatic rings. The van der Waals surface area contributed by atoms with E-state index in [1.54, 1.807) is 6.26 Å². The van der Waals surface area contributed by atoms with Crippen LogP contribution in [0.25, 0.3) is 10.9 Å². The Morgan fingerprint density at radius 2 is 2.11 bits per heavy atom. The van der Waals surface area contributed by atoms with Gasteiger partial charge >= 0.3 is 0 Å². The van der Waals surface area contributed by atoms with E-state index in [-0.39, 0.29) is 0 Å². The van der Waals surface area contributed by atoms with E-state index in [4.69, 9.17) is 0 Å². The Hall–Kier alpha value is -1.26. The third-order valence-electron chi connectivity index (χ3n) is 3.01. The smallest absolute Gasteiger partial charge is 0.0705 e. The van der Waals surface area contributed by atoms with E-state index in [0.717, 1.165) is 36.5 Å². The Balaban J connectivity index is 1.91. The summed E-state index contributed by atoms with van der Waals surface area (Å²) in [6, 6.07) is 10.5. The molecule has 0 bridgehead atoms. The summed E-state index contributed by atoms with van der Waals surface area (Å²) in [6.45, 7) is 3.76. The van der Waals surface area contributed by atoms with Crippen LogP contribution in [0, 0.1) is 6.92 Å². The first kappa shape index (κ1) is 14.2. The van der Waals surface area contributed by atoms with Crippen molar-refractivity contribution in [2.24, 2.45) is 0 Å². The molecular formula is C15H20N2OS. The minimum atomic E-state index is -0.683. The highest BCUT2D eigenvalue weighted by molar-refractivity contribution is 7.84. The van der Waals surface area contributed by atoms with Crippen molar-refractivity contribution in [2.75, 3.05) is 18.6 Å². The maximum Gasteiger partial charge on any atom is 0.0705 e. The number of aromatic nitrogens is 1. The van der Waals surface area contributed by atoms with Crippen molar-refractivity contribution in [1.29, 1.82) is 0 Å². The molecule has 0 aliphatic heterocycles. The highest BCUT2D eigenvalue weighted by Crippen LogP contribution is 2.14. The molecule has 0 spiro atoms. The van der Waals surface area contributed by atoms with Gasteiger partial charge in [0.05, 0.1) is 5.52 Å². The van der Waals surface area contributed by atoms with Gasteiger partial charge in [-0.2, -0.15) is 0 Å². The molecular weight excluding hydrogens is 256 g/mol. The van der Waals surface area contributed by atoms with E-state index in [0.29, 0.717) is 0 Å². The van der Waals surface area contributed by atoms with E-state index in [1.807, 2.05) is 13.0 Å². The molecule has 1 atom stereocenters. The summed E-state index contributed by atoms with van der Waals surface area (Å²) in [6.07, 6.45) is 2.70. The molecule has 3 nitrogen and oxygen atoms in total. The molecule has 2 aromatic rings. The minimum absolute atomic E-state index is 0.683. The van der Waals surface area contributed by atoms with E-state index in [1.165, 1.54) is 10.9 Å². The third kappa shape index (κ3) is 4.40. The molecule has 0 saturated heterocycles. The minimum Gasteiger partial charge on any atom is -0.313 e. The van der Waals surface area contributed by atoms with Gasteiger partial charge in [0, 0.05) is 40.4 Å². The predicted molar refractivity (Wildman–Crippen MR) is 81.7 cm³/mol. The number of nitrogens with zero attached hydrogens (tertiary/aromatic N) is 1. The van der Waals surface area contributed by atoms with Gasteiger partial charge in [-0.1, -0.05) is 12.1 Å². The second kappa shape index (κ2) is 6.78. The number of pyridine rings is 1. The first-order valence-electron chi connectivity index (χ1n) is 6.52. The van der Waals surface area contributed by atoms with Gasteiger partial charge in [0.15, 0.2) is 0 Å². The fraction of sp³-hybridized carbons (Fsp3) is 0.400. The van der Waals surface area contributed by atoms with Gasteiger partial charge in [-0.25, -0.2) is 0 Å². The third-order valence-corrected chi connectivity index (χ3v) is 3.87. The summed E-state index contributed by atoms with van der Waals surface area (Å²) in [5.74, 6) is 0.772. The normalized spacial score (nSPS) is 12.7. The molecule has 4 heteroatoms. The molecule has 2 rings (SSSR count). The molecule has 0 amide bonds. The summed E-state index contributed by atoms with van der Waals surface area (Å²) >= 11 is 0. The zero-order valence-corrected chi connectivity index (χ0v) is 12.3. The summed E-state index contributed by atoms with van der Waals surface area (Å²) in [5.41, 5.74) is 3.35. The van der Waals surface area contributed by atoms with E-state index in [2.05, 4.69) is 34.6 Å². The van der Waals surface area contributed by atoms with Gasteiger partial charge in [0.1, 0.15) is 0 Å². The molecule has 0 fully saturated rings.